The van der Waals surface area contributed by atoms with Crippen molar-refractivity contribution in [3.05, 3.63) is 24.3 Å². The van der Waals surface area contributed by atoms with Gasteiger partial charge < -0.3 is 4.42 Å². The minimum Gasteiger partial charge on any atom is -0.437 e. The predicted molar refractivity (Wildman–Crippen MR) is 80.4 cm³/mol. The number of furan rings is 1. The van der Waals surface area contributed by atoms with Gasteiger partial charge in [-0.2, -0.15) is 0 Å². The summed E-state index contributed by atoms with van der Waals surface area (Å²) in [5.74, 6) is -0.158. The van der Waals surface area contributed by atoms with Crippen LogP contribution >= 0.6 is 12.4 Å². The molecule has 112 valence electrons. The highest BCUT2D eigenvalue weighted by atomic mass is 35.5. The second kappa shape index (κ2) is 5.51. The number of sulfonamides is 2. The van der Waals surface area contributed by atoms with Crippen molar-refractivity contribution < 1.29 is 21.3 Å². The molecule has 2 N–H and O–H groups in total. The summed E-state index contributed by atoms with van der Waals surface area (Å²) in [4.78, 5) is 0. The van der Waals surface area contributed by atoms with Crippen LogP contribution in [0.25, 0.3) is 11.0 Å². The number of nitrogens with one attached hydrogen (secondary N) is 2. The van der Waals surface area contributed by atoms with Crippen molar-refractivity contribution in [2.45, 2.75) is 0 Å². The first-order valence-corrected chi connectivity index (χ1v) is 8.91. The van der Waals surface area contributed by atoms with Crippen LogP contribution in [0.15, 0.2) is 28.7 Å². The molecular weight excluding hydrogens is 328 g/mol. The summed E-state index contributed by atoms with van der Waals surface area (Å²) in [5.41, 5.74) is 0.448. The molecule has 0 spiro atoms. The molecule has 10 heteroatoms. The molecular formula is C10H13ClN2O5S2. The zero-order valence-corrected chi connectivity index (χ0v) is 13.0. The molecule has 2 rings (SSSR count). The number of halogens is 1. The number of para-hydroxylation sites is 1. The maximum absolute atomic E-state index is 11.3. The number of anilines is 2. The van der Waals surface area contributed by atoms with Crippen molar-refractivity contribution in [2.75, 3.05) is 22.0 Å². The highest BCUT2D eigenvalue weighted by Gasteiger charge is 2.19. The summed E-state index contributed by atoms with van der Waals surface area (Å²) in [5, 5.41) is 0.471. The third kappa shape index (κ3) is 4.02. The smallest absolute Gasteiger partial charge is 0.232 e. The Kier molecular flexibility index (Phi) is 4.57. The standard InChI is InChI=1S/C10H12N2O5S2.ClH/c1-18(13,14)11-9-7-5-3-4-6-8(7)17-10(9)12-19(2,15)16;/h3-6,11-12H,1-2H3;1H. The van der Waals surface area contributed by atoms with Crippen LogP contribution in [0.4, 0.5) is 11.6 Å². The summed E-state index contributed by atoms with van der Waals surface area (Å²) in [6.07, 6.45) is 1.92. The Balaban J connectivity index is 0.00000200. The summed E-state index contributed by atoms with van der Waals surface area (Å²) in [6.45, 7) is 0. The average molecular weight is 341 g/mol. The molecule has 1 aromatic heterocycles. The van der Waals surface area contributed by atoms with Gasteiger partial charge >= 0.3 is 0 Å². The van der Waals surface area contributed by atoms with Crippen LogP contribution in [0, 0.1) is 0 Å². The largest absolute Gasteiger partial charge is 0.437 e. The van der Waals surface area contributed by atoms with Gasteiger partial charge in [0, 0.05) is 5.39 Å². The van der Waals surface area contributed by atoms with Crippen LogP contribution in [-0.4, -0.2) is 29.3 Å². The van der Waals surface area contributed by atoms with Gasteiger partial charge in [-0.1, -0.05) is 12.1 Å². The first-order chi connectivity index (χ1) is 8.66. The Morgan fingerprint density at radius 3 is 2.05 bits per heavy atom. The van der Waals surface area contributed by atoms with E-state index in [0.29, 0.717) is 11.0 Å². The first-order valence-electron chi connectivity index (χ1n) is 5.13. The predicted octanol–water partition coefficient (Wildman–Crippen LogP) is 1.60. The quantitative estimate of drug-likeness (QED) is 0.879. The normalized spacial score (nSPS) is 11.9. The van der Waals surface area contributed by atoms with Crippen LogP contribution < -0.4 is 9.44 Å². The third-order valence-electron chi connectivity index (χ3n) is 2.16. The van der Waals surface area contributed by atoms with E-state index in [4.69, 9.17) is 4.42 Å². The van der Waals surface area contributed by atoms with Crippen LogP contribution in [0.5, 0.6) is 0 Å². The van der Waals surface area contributed by atoms with Crippen molar-refractivity contribution in [1.82, 2.24) is 0 Å². The molecule has 0 fully saturated rings. The van der Waals surface area contributed by atoms with Gasteiger partial charge in [-0.25, -0.2) is 16.8 Å². The van der Waals surface area contributed by atoms with Gasteiger partial charge in [-0.3, -0.25) is 9.44 Å². The van der Waals surface area contributed by atoms with Gasteiger partial charge in [0.15, 0.2) is 0 Å². The van der Waals surface area contributed by atoms with E-state index in [2.05, 4.69) is 9.44 Å². The van der Waals surface area contributed by atoms with Crippen molar-refractivity contribution in [1.29, 1.82) is 0 Å². The molecule has 0 aliphatic rings. The van der Waals surface area contributed by atoms with Gasteiger partial charge in [0.25, 0.3) is 0 Å². The highest BCUT2D eigenvalue weighted by molar-refractivity contribution is 7.92. The number of rotatable bonds is 4. The fourth-order valence-corrected chi connectivity index (χ4v) is 2.63. The molecule has 1 heterocycles. The minimum atomic E-state index is -3.58. The van der Waals surface area contributed by atoms with E-state index >= 15 is 0 Å². The average Bonchev–Trinajstić information content (AvgIpc) is 2.52. The third-order valence-corrected chi connectivity index (χ3v) is 3.29. The molecule has 0 saturated carbocycles. The monoisotopic (exact) mass is 340 g/mol. The van der Waals surface area contributed by atoms with E-state index in [-0.39, 0.29) is 24.0 Å². The van der Waals surface area contributed by atoms with Gasteiger partial charge in [0.1, 0.15) is 11.3 Å². The SMILES string of the molecule is CS(=O)(=O)Nc1oc2ccccc2c1NS(C)(=O)=O.Cl. The molecule has 20 heavy (non-hydrogen) atoms. The number of hydrogen-bond donors (Lipinski definition) is 2. The Hall–Kier alpha value is -1.45. The van der Waals surface area contributed by atoms with Crippen LogP contribution in [0.1, 0.15) is 0 Å². The molecule has 2 aromatic rings. The fraction of sp³-hybridized carbons (Fsp3) is 0.200. The second-order valence-electron chi connectivity index (χ2n) is 4.05. The van der Waals surface area contributed by atoms with Crippen molar-refractivity contribution in [2.24, 2.45) is 0 Å². The van der Waals surface area contributed by atoms with Gasteiger partial charge in [0.2, 0.25) is 25.9 Å². The van der Waals surface area contributed by atoms with Gasteiger partial charge in [0.05, 0.1) is 12.5 Å². The molecule has 0 saturated heterocycles. The van der Waals surface area contributed by atoms with Crippen molar-refractivity contribution in [3.8, 4) is 0 Å². The Morgan fingerprint density at radius 2 is 1.50 bits per heavy atom. The van der Waals surface area contributed by atoms with Crippen LogP contribution in [-0.2, 0) is 20.0 Å². The van der Waals surface area contributed by atoms with E-state index in [0.717, 1.165) is 12.5 Å². The van der Waals surface area contributed by atoms with Crippen molar-refractivity contribution >= 4 is 55.0 Å². The molecule has 0 aliphatic heterocycles. The van der Waals surface area contributed by atoms with Crippen LogP contribution in [0.2, 0.25) is 0 Å². The summed E-state index contributed by atoms with van der Waals surface area (Å²) in [7, 11) is -7.14. The number of benzene rings is 1. The highest BCUT2D eigenvalue weighted by Crippen LogP contribution is 2.35. The lowest BCUT2D eigenvalue weighted by Gasteiger charge is -2.05. The van der Waals surface area contributed by atoms with E-state index in [1.807, 2.05) is 0 Å². The molecule has 0 bridgehead atoms. The topological polar surface area (TPSA) is 105 Å². The Morgan fingerprint density at radius 1 is 0.950 bits per heavy atom. The van der Waals surface area contributed by atoms with Crippen molar-refractivity contribution in [3.63, 3.8) is 0 Å². The molecule has 0 radical (unpaired) electrons. The number of fused-ring (bicyclic) bond motifs is 1. The maximum Gasteiger partial charge on any atom is 0.232 e. The van der Waals surface area contributed by atoms with Gasteiger partial charge in [-0.15, -0.1) is 12.4 Å². The molecule has 0 aliphatic carbocycles. The van der Waals surface area contributed by atoms with E-state index < -0.39 is 20.0 Å². The Bertz CT molecular complexity index is 826. The lowest BCUT2D eigenvalue weighted by Crippen LogP contribution is -2.14. The summed E-state index contributed by atoms with van der Waals surface area (Å²) < 4.78 is 54.8. The lowest BCUT2D eigenvalue weighted by molar-refractivity contribution is 0.597. The lowest BCUT2D eigenvalue weighted by atomic mass is 10.2. The molecule has 0 unspecified atom stereocenters. The number of hydrogen-bond acceptors (Lipinski definition) is 5. The van der Waals surface area contributed by atoms with E-state index in [1.165, 1.54) is 0 Å². The van der Waals surface area contributed by atoms with E-state index in [9.17, 15) is 16.8 Å². The minimum absolute atomic E-state index is 0. The van der Waals surface area contributed by atoms with Crippen LogP contribution in [0.3, 0.4) is 0 Å². The first kappa shape index (κ1) is 16.6. The Labute approximate surface area is 122 Å². The molecule has 0 atom stereocenters. The second-order valence-corrected chi connectivity index (χ2v) is 7.55. The molecule has 7 nitrogen and oxygen atoms in total. The summed E-state index contributed by atoms with van der Waals surface area (Å²) in [6, 6.07) is 6.62. The van der Waals surface area contributed by atoms with Gasteiger partial charge in [-0.05, 0) is 12.1 Å². The molecule has 1 aromatic carbocycles. The zero-order valence-electron chi connectivity index (χ0n) is 10.6. The fourth-order valence-electron chi connectivity index (χ4n) is 1.57. The maximum atomic E-state index is 11.3. The summed E-state index contributed by atoms with van der Waals surface area (Å²) >= 11 is 0. The zero-order chi connectivity index (χ0) is 14.3. The van der Waals surface area contributed by atoms with E-state index in [1.54, 1.807) is 24.3 Å². The molecule has 0 amide bonds.